The number of hydrogen-bond donors (Lipinski definition) is 2. The van der Waals surface area contributed by atoms with E-state index in [4.69, 9.17) is 9.84 Å². The number of benzene rings is 1. The average Bonchev–Trinajstić information content (AvgIpc) is 3.25. The molecular weight excluding hydrogens is 294 g/mol. The molecule has 6 nitrogen and oxygen atoms in total. The van der Waals surface area contributed by atoms with E-state index < -0.39 is 16.0 Å². The summed E-state index contributed by atoms with van der Waals surface area (Å²) in [7, 11) is -2.37. The van der Waals surface area contributed by atoms with Crippen molar-refractivity contribution in [2.45, 2.75) is 31.1 Å². The molecule has 2 rings (SSSR count). The summed E-state index contributed by atoms with van der Waals surface area (Å²) in [5.41, 5.74) is -0.0909. The van der Waals surface area contributed by atoms with Crippen molar-refractivity contribution in [3.63, 3.8) is 0 Å². The second kappa shape index (κ2) is 5.65. The molecule has 0 bridgehead atoms. The van der Waals surface area contributed by atoms with Crippen LogP contribution in [0, 0.1) is 5.41 Å². The van der Waals surface area contributed by atoms with E-state index in [-0.39, 0.29) is 21.6 Å². The van der Waals surface area contributed by atoms with Gasteiger partial charge in [-0.1, -0.05) is 6.92 Å². The number of sulfonamides is 1. The summed E-state index contributed by atoms with van der Waals surface area (Å²) in [4.78, 5) is 11.1. The fourth-order valence-corrected chi connectivity index (χ4v) is 3.37. The van der Waals surface area contributed by atoms with Crippen molar-refractivity contribution in [1.29, 1.82) is 0 Å². The van der Waals surface area contributed by atoms with E-state index in [9.17, 15) is 13.2 Å². The first kappa shape index (κ1) is 15.8. The molecule has 2 N–H and O–H groups in total. The Balaban J connectivity index is 2.23. The molecule has 0 saturated heterocycles. The second-order valence-electron chi connectivity index (χ2n) is 5.35. The minimum atomic E-state index is -3.71. The molecule has 1 fully saturated rings. The molecular formula is C14H19NO5S. The summed E-state index contributed by atoms with van der Waals surface area (Å²) in [6, 6.07) is 3.82. The molecule has 1 aliphatic carbocycles. The van der Waals surface area contributed by atoms with E-state index in [0.717, 1.165) is 25.3 Å². The Morgan fingerprint density at radius 3 is 2.57 bits per heavy atom. The standard InChI is InChI=1S/C14H19NO5S/c1-3-14(6-7-14)9-15-21(18,19)10-4-5-12(20-2)11(8-10)13(16)17/h4-5,8,15H,3,6-7,9H2,1-2H3,(H,16,17). The topological polar surface area (TPSA) is 92.7 Å². The van der Waals surface area contributed by atoms with Gasteiger partial charge in [0.25, 0.3) is 0 Å². The highest BCUT2D eigenvalue weighted by molar-refractivity contribution is 7.89. The van der Waals surface area contributed by atoms with Crippen molar-refractivity contribution in [1.82, 2.24) is 4.72 Å². The summed E-state index contributed by atoms with van der Waals surface area (Å²) in [5, 5.41) is 9.10. The zero-order valence-corrected chi connectivity index (χ0v) is 12.9. The largest absolute Gasteiger partial charge is 0.496 e. The van der Waals surface area contributed by atoms with Crippen molar-refractivity contribution < 1.29 is 23.1 Å². The number of rotatable bonds is 7. The lowest BCUT2D eigenvalue weighted by Gasteiger charge is -2.14. The van der Waals surface area contributed by atoms with Crippen LogP contribution in [0.15, 0.2) is 23.1 Å². The number of carbonyl (C=O) groups is 1. The maximum atomic E-state index is 12.3. The van der Waals surface area contributed by atoms with Gasteiger partial charge >= 0.3 is 5.97 Å². The minimum Gasteiger partial charge on any atom is -0.496 e. The number of ether oxygens (including phenoxy) is 1. The number of methoxy groups -OCH3 is 1. The highest BCUT2D eigenvalue weighted by atomic mass is 32.2. The molecule has 0 unspecified atom stereocenters. The van der Waals surface area contributed by atoms with Crippen molar-refractivity contribution >= 4 is 16.0 Å². The average molecular weight is 313 g/mol. The number of nitrogens with one attached hydrogen (secondary N) is 1. The number of hydrogen-bond acceptors (Lipinski definition) is 4. The highest BCUT2D eigenvalue weighted by Gasteiger charge is 2.41. The van der Waals surface area contributed by atoms with Crippen LogP contribution < -0.4 is 9.46 Å². The first-order valence-corrected chi connectivity index (χ1v) is 8.23. The molecule has 0 aliphatic heterocycles. The number of aromatic carboxylic acids is 1. The SMILES string of the molecule is CCC1(CNS(=O)(=O)c2ccc(OC)c(C(=O)O)c2)CC1. The van der Waals surface area contributed by atoms with E-state index in [1.165, 1.54) is 19.2 Å². The Hall–Kier alpha value is -1.60. The lowest BCUT2D eigenvalue weighted by atomic mass is 10.1. The zero-order valence-electron chi connectivity index (χ0n) is 12.0. The van der Waals surface area contributed by atoms with Crippen LogP contribution in [0.2, 0.25) is 0 Å². The molecule has 0 atom stereocenters. The summed E-state index contributed by atoms with van der Waals surface area (Å²) >= 11 is 0. The number of carboxylic acid groups (broad SMARTS) is 1. The molecule has 7 heteroatoms. The Bertz CT molecular complexity index is 649. The molecule has 1 aromatic carbocycles. The minimum absolute atomic E-state index is 0.0624. The van der Waals surface area contributed by atoms with Crippen LogP contribution in [0.3, 0.4) is 0 Å². The van der Waals surface area contributed by atoms with Crippen LogP contribution in [0.4, 0.5) is 0 Å². The molecule has 21 heavy (non-hydrogen) atoms. The zero-order chi connectivity index (χ0) is 15.7. The van der Waals surface area contributed by atoms with Gasteiger partial charge < -0.3 is 9.84 Å². The molecule has 1 saturated carbocycles. The Kier molecular flexibility index (Phi) is 4.25. The van der Waals surface area contributed by atoms with Gasteiger partial charge in [0.05, 0.1) is 12.0 Å². The molecule has 1 aromatic rings. The van der Waals surface area contributed by atoms with Crippen LogP contribution in [0.1, 0.15) is 36.5 Å². The lowest BCUT2D eigenvalue weighted by Crippen LogP contribution is -2.30. The maximum absolute atomic E-state index is 12.3. The number of carboxylic acids is 1. The smallest absolute Gasteiger partial charge is 0.339 e. The summed E-state index contributed by atoms with van der Waals surface area (Å²) < 4.78 is 32.0. The first-order chi connectivity index (χ1) is 9.83. The fraction of sp³-hybridized carbons (Fsp3) is 0.500. The Morgan fingerprint density at radius 2 is 2.10 bits per heavy atom. The van der Waals surface area contributed by atoms with Crippen molar-refractivity contribution in [3.8, 4) is 5.75 Å². The van der Waals surface area contributed by atoms with Gasteiger partial charge in [-0.2, -0.15) is 0 Å². The van der Waals surface area contributed by atoms with Gasteiger partial charge in [0, 0.05) is 6.54 Å². The van der Waals surface area contributed by atoms with Crippen LogP contribution in [-0.2, 0) is 10.0 Å². The molecule has 0 aromatic heterocycles. The highest BCUT2D eigenvalue weighted by Crippen LogP contribution is 2.48. The van der Waals surface area contributed by atoms with Crippen LogP contribution in [-0.4, -0.2) is 33.1 Å². The van der Waals surface area contributed by atoms with E-state index in [2.05, 4.69) is 4.72 Å². The van der Waals surface area contributed by atoms with Crippen LogP contribution >= 0.6 is 0 Å². The van der Waals surface area contributed by atoms with Crippen molar-refractivity contribution in [2.75, 3.05) is 13.7 Å². The van der Waals surface area contributed by atoms with E-state index in [0.29, 0.717) is 6.54 Å². The van der Waals surface area contributed by atoms with Gasteiger partial charge in [-0.25, -0.2) is 17.9 Å². The van der Waals surface area contributed by atoms with Crippen LogP contribution in [0.25, 0.3) is 0 Å². The summed E-state index contributed by atoms with van der Waals surface area (Å²) in [6.45, 7) is 2.43. The van der Waals surface area contributed by atoms with Gasteiger partial charge in [-0.05, 0) is 42.9 Å². The van der Waals surface area contributed by atoms with Crippen LogP contribution in [0.5, 0.6) is 5.75 Å². The third kappa shape index (κ3) is 3.36. The first-order valence-electron chi connectivity index (χ1n) is 6.74. The van der Waals surface area contributed by atoms with Crippen molar-refractivity contribution in [3.05, 3.63) is 23.8 Å². The molecule has 0 spiro atoms. The molecule has 0 radical (unpaired) electrons. The van der Waals surface area contributed by atoms with Gasteiger partial charge in [0.2, 0.25) is 10.0 Å². The van der Waals surface area contributed by atoms with Gasteiger partial charge in [-0.3, -0.25) is 0 Å². The maximum Gasteiger partial charge on any atom is 0.339 e. The predicted octanol–water partition coefficient (Wildman–Crippen LogP) is 1.86. The monoisotopic (exact) mass is 313 g/mol. The predicted molar refractivity (Wildman–Crippen MR) is 77.1 cm³/mol. The fourth-order valence-electron chi connectivity index (χ4n) is 2.18. The van der Waals surface area contributed by atoms with E-state index >= 15 is 0 Å². The third-order valence-corrected chi connectivity index (χ3v) is 5.45. The Labute approximate surface area is 124 Å². The van der Waals surface area contributed by atoms with E-state index in [1.54, 1.807) is 0 Å². The third-order valence-electron chi connectivity index (χ3n) is 4.06. The van der Waals surface area contributed by atoms with Gasteiger partial charge in [0.1, 0.15) is 11.3 Å². The lowest BCUT2D eigenvalue weighted by molar-refractivity contribution is 0.0693. The van der Waals surface area contributed by atoms with Gasteiger partial charge in [-0.15, -0.1) is 0 Å². The second-order valence-corrected chi connectivity index (χ2v) is 7.11. The summed E-state index contributed by atoms with van der Waals surface area (Å²) in [6.07, 6.45) is 2.97. The Morgan fingerprint density at radius 1 is 1.43 bits per heavy atom. The molecule has 1 aliphatic rings. The molecule has 0 amide bonds. The molecule has 0 heterocycles. The van der Waals surface area contributed by atoms with Gasteiger partial charge in [0.15, 0.2) is 0 Å². The molecule has 116 valence electrons. The normalized spacial score (nSPS) is 16.5. The van der Waals surface area contributed by atoms with Crippen molar-refractivity contribution in [2.24, 2.45) is 5.41 Å². The quantitative estimate of drug-likeness (QED) is 0.801. The van der Waals surface area contributed by atoms with E-state index in [1.807, 2.05) is 6.92 Å². The summed E-state index contributed by atoms with van der Waals surface area (Å²) in [5.74, 6) is -1.09.